The van der Waals surface area contributed by atoms with Crippen LogP contribution in [0.25, 0.3) is 10.9 Å². The number of carbonyl (C=O) groups excluding carboxylic acids is 1. The van der Waals surface area contributed by atoms with E-state index < -0.39 is 11.9 Å². The molecular weight excluding hydrogens is 430 g/mol. The lowest BCUT2D eigenvalue weighted by Gasteiger charge is -2.18. The van der Waals surface area contributed by atoms with Crippen LogP contribution in [-0.4, -0.2) is 41.7 Å². The highest BCUT2D eigenvalue weighted by Gasteiger charge is 2.19. The van der Waals surface area contributed by atoms with Crippen molar-refractivity contribution in [2.24, 2.45) is 0 Å². The van der Waals surface area contributed by atoms with Gasteiger partial charge in [0, 0.05) is 30.9 Å². The summed E-state index contributed by atoms with van der Waals surface area (Å²) < 4.78 is 5.27. The van der Waals surface area contributed by atoms with Crippen molar-refractivity contribution in [1.29, 1.82) is 5.26 Å². The average molecular weight is 456 g/mol. The number of rotatable bonds is 8. The van der Waals surface area contributed by atoms with Gasteiger partial charge in [0.15, 0.2) is 0 Å². The molecule has 1 heterocycles. The summed E-state index contributed by atoms with van der Waals surface area (Å²) in [6, 6.07) is 16.0. The van der Waals surface area contributed by atoms with Crippen molar-refractivity contribution in [3.05, 3.63) is 76.5 Å². The van der Waals surface area contributed by atoms with Gasteiger partial charge in [-0.05, 0) is 43.2 Å². The van der Waals surface area contributed by atoms with Crippen LogP contribution in [0.15, 0.2) is 48.5 Å². The standard InChI is InChI=1S/C27H25N3O4/c1-18-7-9-20(10-8-18)14-21(17-34-2)29-26(31)25-16-23(27(32)33)22-15-19(6-4-3-5-13-28)11-12-24(22)30-25/h7-12,15-16,21H,3,5,14,17H2,1-2H3,(H,29,31)(H,32,33)/t21-/m0/s1. The van der Waals surface area contributed by atoms with E-state index in [-0.39, 0.29) is 17.3 Å². The van der Waals surface area contributed by atoms with Gasteiger partial charge in [0.25, 0.3) is 5.91 Å². The van der Waals surface area contributed by atoms with E-state index in [1.807, 2.05) is 37.3 Å². The molecule has 3 rings (SSSR count). The number of hydrogen-bond acceptors (Lipinski definition) is 5. The number of ether oxygens (including phenoxy) is 1. The number of aryl methyl sites for hydroxylation is 1. The molecule has 2 N–H and O–H groups in total. The smallest absolute Gasteiger partial charge is 0.336 e. The molecule has 0 fully saturated rings. The first-order valence-electron chi connectivity index (χ1n) is 10.8. The van der Waals surface area contributed by atoms with Crippen molar-refractivity contribution in [2.45, 2.75) is 32.2 Å². The number of nitriles is 1. The first-order valence-corrected chi connectivity index (χ1v) is 10.8. The molecule has 0 aliphatic carbocycles. The largest absolute Gasteiger partial charge is 0.478 e. The fraction of sp³-hybridized carbons (Fsp3) is 0.259. The van der Waals surface area contributed by atoms with E-state index in [4.69, 9.17) is 10.00 Å². The second-order valence-corrected chi connectivity index (χ2v) is 7.87. The normalized spacial score (nSPS) is 11.2. The van der Waals surface area contributed by atoms with Gasteiger partial charge in [0.2, 0.25) is 0 Å². The maximum atomic E-state index is 13.0. The molecule has 7 heteroatoms. The molecule has 0 aliphatic heterocycles. The quantitative estimate of drug-likeness (QED) is 0.394. The Bertz CT molecular complexity index is 1300. The maximum absolute atomic E-state index is 13.0. The number of hydrogen-bond donors (Lipinski definition) is 2. The second kappa shape index (κ2) is 11.6. The van der Waals surface area contributed by atoms with Gasteiger partial charge in [-0.25, -0.2) is 9.78 Å². The van der Waals surface area contributed by atoms with Crippen LogP contribution in [0.5, 0.6) is 0 Å². The van der Waals surface area contributed by atoms with E-state index in [9.17, 15) is 14.7 Å². The molecule has 0 unspecified atom stereocenters. The lowest BCUT2D eigenvalue weighted by molar-refractivity contribution is 0.0699. The molecule has 0 saturated carbocycles. The van der Waals surface area contributed by atoms with Crippen LogP contribution >= 0.6 is 0 Å². The number of pyridine rings is 1. The summed E-state index contributed by atoms with van der Waals surface area (Å²) in [5.74, 6) is 4.18. The Balaban J connectivity index is 1.87. The molecule has 7 nitrogen and oxygen atoms in total. The Morgan fingerprint density at radius 3 is 2.59 bits per heavy atom. The van der Waals surface area contributed by atoms with E-state index >= 15 is 0 Å². The van der Waals surface area contributed by atoms with E-state index in [0.717, 1.165) is 11.1 Å². The van der Waals surface area contributed by atoms with Gasteiger partial charge in [0.05, 0.1) is 29.8 Å². The molecule has 3 aromatic rings. The van der Waals surface area contributed by atoms with Gasteiger partial charge < -0.3 is 15.2 Å². The summed E-state index contributed by atoms with van der Waals surface area (Å²) in [7, 11) is 1.56. The minimum absolute atomic E-state index is 0.0164. The molecule has 1 amide bonds. The van der Waals surface area contributed by atoms with Crippen LogP contribution in [0.4, 0.5) is 0 Å². The van der Waals surface area contributed by atoms with Gasteiger partial charge in [0.1, 0.15) is 5.69 Å². The lowest BCUT2D eigenvalue weighted by atomic mass is 10.0. The highest BCUT2D eigenvalue weighted by Crippen LogP contribution is 2.21. The van der Waals surface area contributed by atoms with Crippen molar-refractivity contribution in [2.75, 3.05) is 13.7 Å². The summed E-state index contributed by atoms with van der Waals surface area (Å²) in [5, 5.41) is 21.7. The molecule has 0 aliphatic rings. The lowest BCUT2D eigenvalue weighted by Crippen LogP contribution is -2.40. The SMILES string of the molecule is COC[C@H](Cc1ccc(C)cc1)NC(=O)c1cc(C(=O)O)c2cc(C#CCCC#N)ccc2n1. The number of aromatic carboxylic acids is 1. The van der Waals surface area contributed by atoms with Crippen molar-refractivity contribution in [3.8, 4) is 17.9 Å². The molecule has 0 spiro atoms. The maximum Gasteiger partial charge on any atom is 0.336 e. The predicted octanol–water partition coefficient (Wildman–Crippen LogP) is 3.88. The molecular formula is C27H25N3O4. The second-order valence-electron chi connectivity index (χ2n) is 7.87. The van der Waals surface area contributed by atoms with Crippen LogP contribution < -0.4 is 5.32 Å². The van der Waals surface area contributed by atoms with Gasteiger partial charge in [-0.2, -0.15) is 5.26 Å². The number of carboxylic acids is 1. The zero-order valence-electron chi connectivity index (χ0n) is 19.1. The summed E-state index contributed by atoms with van der Waals surface area (Å²) in [6.07, 6.45) is 1.32. The van der Waals surface area contributed by atoms with Crippen LogP contribution in [0.2, 0.25) is 0 Å². The summed E-state index contributed by atoms with van der Waals surface area (Å²) in [5.41, 5.74) is 3.18. The van der Waals surface area contributed by atoms with Gasteiger partial charge in [-0.15, -0.1) is 0 Å². The van der Waals surface area contributed by atoms with E-state index in [0.29, 0.717) is 42.3 Å². The number of nitrogens with zero attached hydrogens (tertiary/aromatic N) is 2. The topological polar surface area (TPSA) is 112 Å². The molecule has 2 aromatic carbocycles. The number of fused-ring (bicyclic) bond motifs is 1. The van der Waals surface area contributed by atoms with Crippen LogP contribution in [-0.2, 0) is 11.2 Å². The van der Waals surface area contributed by atoms with Crippen molar-refractivity contribution in [1.82, 2.24) is 10.3 Å². The highest BCUT2D eigenvalue weighted by molar-refractivity contribution is 6.06. The highest BCUT2D eigenvalue weighted by atomic mass is 16.5. The zero-order chi connectivity index (χ0) is 24.5. The summed E-state index contributed by atoms with van der Waals surface area (Å²) in [6.45, 7) is 2.31. The Labute approximate surface area is 198 Å². The number of amides is 1. The van der Waals surface area contributed by atoms with Gasteiger partial charge >= 0.3 is 5.97 Å². The Morgan fingerprint density at radius 1 is 1.15 bits per heavy atom. The third kappa shape index (κ3) is 6.41. The first kappa shape index (κ1) is 24.4. The number of unbranched alkanes of at least 4 members (excludes halogenated alkanes) is 1. The molecule has 0 radical (unpaired) electrons. The summed E-state index contributed by atoms with van der Waals surface area (Å²) in [4.78, 5) is 29.3. The Hall–Kier alpha value is -4.20. The number of methoxy groups -OCH3 is 1. The minimum Gasteiger partial charge on any atom is -0.478 e. The van der Waals surface area contributed by atoms with Gasteiger partial charge in [-0.1, -0.05) is 41.7 Å². The van der Waals surface area contributed by atoms with Crippen molar-refractivity contribution < 1.29 is 19.4 Å². The third-order valence-corrected chi connectivity index (χ3v) is 5.17. The Kier molecular flexibility index (Phi) is 8.34. The number of carbonyl (C=O) groups is 2. The van der Waals surface area contributed by atoms with Crippen molar-refractivity contribution in [3.63, 3.8) is 0 Å². The van der Waals surface area contributed by atoms with Crippen molar-refractivity contribution >= 4 is 22.8 Å². The average Bonchev–Trinajstić information content (AvgIpc) is 2.82. The zero-order valence-corrected chi connectivity index (χ0v) is 19.1. The summed E-state index contributed by atoms with van der Waals surface area (Å²) >= 11 is 0. The third-order valence-electron chi connectivity index (χ3n) is 5.17. The van der Waals surface area contributed by atoms with E-state index in [2.05, 4.69) is 22.1 Å². The first-order chi connectivity index (χ1) is 16.4. The molecule has 1 aromatic heterocycles. The van der Waals surface area contributed by atoms with Crippen LogP contribution in [0, 0.1) is 30.1 Å². The Morgan fingerprint density at radius 2 is 1.91 bits per heavy atom. The predicted molar refractivity (Wildman–Crippen MR) is 128 cm³/mol. The van der Waals surface area contributed by atoms with Crippen LogP contribution in [0.3, 0.4) is 0 Å². The van der Waals surface area contributed by atoms with E-state index in [1.165, 1.54) is 6.07 Å². The molecule has 1 atom stereocenters. The van der Waals surface area contributed by atoms with Gasteiger partial charge in [-0.3, -0.25) is 4.79 Å². The fourth-order valence-corrected chi connectivity index (χ4v) is 3.50. The number of carboxylic acid groups (broad SMARTS) is 1. The number of aromatic nitrogens is 1. The molecule has 0 saturated heterocycles. The van der Waals surface area contributed by atoms with E-state index in [1.54, 1.807) is 25.3 Å². The fourth-order valence-electron chi connectivity index (χ4n) is 3.50. The number of nitrogens with one attached hydrogen (secondary N) is 1. The minimum atomic E-state index is -1.16. The monoisotopic (exact) mass is 455 g/mol. The van der Waals surface area contributed by atoms with Crippen LogP contribution in [0.1, 0.15) is 50.4 Å². The number of benzene rings is 2. The molecule has 172 valence electrons. The molecule has 34 heavy (non-hydrogen) atoms. The molecule has 0 bridgehead atoms.